The Bertz CT molecular complexity index is 1630. The Morgan fingerprint density at radius 3 is 2.42 bits per heavy atom. The van der Waals surface area contributed by atoms with Crippen LogP contribution in [-0.4, -0.2) is 34.1 Å². The smallest absolute Gasteiger partial charge is 0.255 e. The molecule has 1 aliphatic rings. The number of nitrogen functional groups attached to an aromatic ring is 1. The molecule has 0 spiro atoms. The summed E-state index contributed by atoms with van der Waals surface area (Å²) in [5.74, 6) is -0.575. The summed E-state index contributed by atoms with van der Waals surface area (Å²) in [4.78, 5) is 26.7. The van der Waals surface area contributed by atoms with Gasteiger partial charge < -0.3 is 15.8 Å². The first kappa shape index (κ1) is 25.8. The molecule has 1 saturated heterocycles. The summed E-state index contributed by atoms with van der Waals surface area (Å²) in [7, 11) is 0. The van der Waals surface area contributed by atoms with Crippen molar-refractivity contribution >= 4 is 28.6 Å². The largest absolute Gasteiger partial charge is 0.397 e. The SMILES string of the molecule is Nc1ccc(-c2ccc(F)cc2)cc1NC(=O)c1ccc(C2(c3nc(-c4cnccn4)cs3)CCOCC2)cc1. The van der Waals surface area contributed by atoms with Crippen LogP contribution in [-0.2, 0) is 10.2 Å². The minimum absolute atomic E-state index is 0.269. The summed E-state index contributed by atoms with van der Waals surface area (Å²) in [6.45, 7) is 1.26. The third kappa shape index (κ3) is 5.09. The first-order chi connectivity index (χ1) is 19.5. The second-order valence-electron chi connectivity index (χ2n) is 9.66. The first-order valence-corrected chi connectivity index (χ1v) is 13.8. The van der Waals surface area contributed by atoms with Crippen molar-refractivity contribution in [1.82, 2.24) is 15.0 Å². The van der Waals surface area contributed by atoms with Crippen LogP contribution < -0.4 is 11.1 Å². The number of hydrogen-bond acceptors (Lipinski definition) is 7. The van der Waals surface area contributed by atoms with Gasteiger partial charge in [-0.15, -0.1) is 11.3 Å². The maximum atomic E-state index is 13.4. The third-order valence-corrected chi connectivity index (χ3v) is 8.31. The summed E-state index contributed by atoms with van der Waals surface area (Å²) in [6, 6.07) is 19.2. The summed E-state index contributed by atoms with van der Waals surface area (Å²) >= 11 is 1.61. The highest BCUT2D eigenvalue weighted by atomic mass is 32.1. The molecule has 5 aromatic rings. The predicted octanol–water partition coefficient (Wildman–Crippen LogP) is 6.34. The molecule has 0 unspecified atom stereocenters. The molecule has 200 valence electrons. The Morgan fingerprint density at radius 1 is 0.950 bits per heavy atom. The number of rotatable bonds is 6. The molecule has 3 heterocycles. The molecule has 3 N–H and O–H groups in total. The second kappa shape index (κ2) is 11.0. The quantitative estimate of drug-likeness (QED) is 0.239. The van der Waals surface area contributed by atoms with Crippen LogP contribution in [0.2, 0.25) is 0 Å². The molecule has 6 rings (SSSR count). The number of thiazole rings is 1. The fourth-order valence-corrected chi connectivity index (χ4v) is 6.11. The summed E-state index contributed by atoms with van der Waals surface area (Å²) in [5, 5.41) is 5.94. The number of hydrogen-bond donors (Lipinski definition) is 2. The Labute approximate surface area is 234 Å². The van der Waals surface area contributed by atoms with Crippen LogP contribution in [0.25, 0.3) is 22.5 Å². The fourth-order valence-electron chi connectivity index (χ4n) is 5.01. The van der Waals surface area contributed by atoms with Crippen molar-refractivity contribution in [2.24, 2.45) is 0 Å². The van der Waals surface area contributed by atoms with Gasteiger partial charge in [-0.3, -0.25) is 14.8 Å². The van der Waals surface area contributed by atoms with Gasteiger partial charge in [0.2, 0.25) is 0 Å². The van der Waals surface area contributed by atoms with Gasteiger partial charge in [-0.25, -0.2) is 9.37 Å². The van der Waals surface area contributed by atoms with Gasteiger partial charge in [0.15, 0.2) is 0 Å². The van der Waals surface area contributed by atoms with Crippen LogP contribution in [0.4, 0.5) is 15.8 Å². The van der Waals surface area contributed by atoms with E-state index < -0.39 is 0 Å². The van der Waals surface area contributed by atoms with Gasteiger partial charge in [0, 0.05) is 36.6 Å². The number of benzene rings is 3. The van der Waals surface area contributed by atoms with Crippen molar-refractivity contribution in [3.8, 4) is 22.5 Å². The van der Waals surface area contributed by atoms with Gasteiger partial charge in [0.25, 0.3) is 5.91 Å². The number of nitrogens with one attached hydrogen (secondary N) is 1. The van der Waals surface area contributed by atoms with Crippen LogP contribution >= 0.6 is 11.3 Å². The number of nitrogens with zero attached hydrogens (tertiary/aromatic N) is 3. The normalized spacial score (nSPS) is 14.5. The fraction of sp³-hybridized carbons (Fsp3) is 0.161. The zero-order valence-electron chi connectivity index (χ0n) is 21.5. The number of carbonyl (C=O) groups is 1. The highest BCUT2D eigenvalue weighted by Crippen LogP contribution is 2.43. The van der Waals surface area contributed by atoms with E-state index in [-0.39, 0.29) is 17.1 Å². The zero-order chi connectivity index (χ0) is 27.5. The monoisotopic (exact) mass is 551 g/mol. The summed E-state index contributed by atoms with van der Waals surface area (Å²) in [6.07, 6.45) is 6.60. The van der Waals surface area contributed by atoms with Crippen LogP contribution in [0, 0.1) is 5.82 Å². The molecule has 7 nitrogen and oxygen atoms in total. The number of halogens is 1. The minimum atomic E-state index is -0.313. The average molecular weight is 552 g/mol. The lowest BCUT2D eigenvalue weighted by atomic mass is 9.74. The lowest BCUT2D eigenvalue weighted by Crippen LogP contribution is -2.35. The van der Waals surface area contributed by atoms with Gasteiger partial charge in [0.1, 0.15) is 22.2 Å². The minimum Gasteiger partial charge on any atom is -0.397 e. The van der Waals surface area contributed by atoms with E-state index in [1.54, 1.807) is 54.2 Å². The molecule has 0 saturated carbocycles. The van der Waals surface area contributed by atoms with E-state index in [0.717, 1.165) is 45.9 Å². The number of aromatic nitrogens is 3. The standard InChI is InChI=1S/C31H26FN5O2S/c32-24-8-3-20(4-9-24)22-5-10-25(33)26(17-22)36-29(38)21-1-6-23(7-2-21)31(11-15-39-16-12-31)30-37-28(19-40-30)27-18-34-13-14-35-27/h1-10,13-14,17-19H,11-12,15-16,33H2,(H,36,38). The van der Waals surface area contributed by atoms with Crippen molar-refractivity contribution in [3.63, 3.8) is 0 Å². The summed E-state index contributed by atoms with van der Waals surface area (Å²) in [5.41, 5.74) is 11.6. The Kier molecular flexibility index (Phi) is 7.06. The van der Waals surface area contributed by atoms with Crippen molar-refractivity contribution < 1.29 is 13.9 Å². The maximum absolute atomic E-state index is 13.4. The van der Waals surface area contributed by atoms with Crippen molar-refractivity contribution in [2.45, 2.75) is 18.3 Å². The van der Waals surface area contributed by atoms with E-state index in [4.69, 9.17) is 15.5 Å². The predicted molar refractivity (Wildman–Crippen MR) is 155 cm³/mol. The molecule has 0 radical (unpaired) electrons. The number of carbonyl (C=O) groups excluding carboxylic acids is 1. The molecule has 1 fully saturated rings. The van der Waals surface area contributed by atoms with Crippen molar-refractivity contribution in [1.29, 1.82) is 0 Å². The first-order valence-electron chi connectivity index (χ1n) is 12.9. The lowest BCUT2D eigenvalue weighted by Gasteiger charge is -2.36. The molecule has 1 aliphatic heterocycles. The van der Waals surface area contributed by atoms with Crippen molar-refractivity contribution in [2.75, 3.05) is 24.3 Å². The molecule has 0 aliphatic carbocycles. The van der Waals surface area contributed by atoms with Crippen LogP contribution in [0.3, 0.4) is 0 Å². The van der Waals surface area contributed by atoms with Crippen LogP contribution in [0.15, 0.2) is 90.7 Å². The van der Waals surface area contributed by atoms with Crippen molar-refractivity contribution in [3.05, 3.63) is 113 Å². The van der Waals surface area contributed by atoms with Gasteiger partial charge in [-0.05, 0) is 65.9 Å². The molecular formula is C31H26FN5O2S. The third-order valence-electron chi connectivity index (χ3n) is 7.26. The van der Waals surface area contributed by atoms with Gasteiger partial charge >= 0.3 is 0 Å². The zero-order valence-corrected chi connectivity index (χ0v) is 22.3. The van der Waals surface area contributed by atoms with E-state index >= 15 is 0 Å². The second-order valence-corrected chi connectivity index (χ2v) is 10.5. The average Bonchev–Trinajstić information content (AvgIpc) is 3.51. The molecular weight excluding hydrogens is 525 g/mol. The molecule has 0 atom stereocenters. The molecule has 9 heteroatoms. The van der Waals surface area contributed by atoms with E-state index in [0.29, 0.717) is 30.2 Å². The molecule has 40 heavy (non-hydrogen) atoms. The van der Waals surface area contributed by atoms with Gasteiger partial charge in [-0.2, -0.15) is 0 Å². The maximum Gasteiger partial charge on any atom is 0.255 e. The van der Waals surface area contributed by atoms with E-state index in [1.807, 2.05) is 35.7 Å². The lowest BCUT2D eigenvalue weighted by molar-refractivity contribution is 0.0630. The topological polar surface area (TPSA) is 103 Å². The van der Waals surface area contributed by atoms with Crippen LogP contribution in [0.5, 0.6) is 0 Å². The van der Waals surface area contributed by atoms with E-state index in [9.17, 15) is 9.18 Å². The number of nitrogens with two attached hydrogens (primary N) is 1. The highest BCUT2D eigenvalue weighted by Gasteiger charge is 2.39. The Hall–Kier alpha value is -4.47. The highest BCUT2D eigenvalue weighted by molar-refractivity contribution is 7.10. The van der Waals surface area contributed by atoms with E-state index in [1.165, 1.54) is 12.1 Å². The van der Waals surface area contributed by atoms with Gasteiger partial charge in [0.05, 0.1) is 23.0 Å². The van der Waals surface area contributed by atoms with E-state index in [2.05, 4.69) is 15.3 Å². The Balaban J connectivity index is 1.25. The number of amides is 1. The molecule has 1 amide bonds. The molecule has 0 bridgehead atoms. The van der Waals surface area contributed by atoms with Crippen LogP contribution in [0.1, 0.15) is 33.8 Å². The number of ether oxygens (including phenoxy) is 1. The van der Waals surface area contributed by atoms with Gasteiger partial charge in [-0.1, -0.05) is 30.3 Å². The Morgan fingerprint density at radius 2 is 1.70 bits per heavy atom. The molecule has 2 aromatic heterocycles. The summed E-state index contributed by atoms with van der Waals surface area (Å²) < 4.78 is 19.1. The number of anilines is 2. The molecule has 3 aromatic carbocycles.